The number of aryl methyl sites for hydroxylation is 1. The van der Waals surface area contributed by atoms with Crippen LogP contribution in [0.3, 0.4) is 0 Å². The SMILES string of the molecule is CCS(=O)(=O)NCCCNC(=NC)N1CCN(c2cccc(C)c2C)CC1.I. The number of hydrogen-bond donors (Lipinski definition) is 2. The molecule has 1 aromatic rings. The third-order valence-electron chi connectivity index (χ3n) is 5.05. The van der Waals surface area contributed by atoms with Crippen LogP contribution in [0.25, 0.3) is 0 Å². The molecule has 1 saturated heterocycles. The van der Waals surface area contributed by atoms with E-state index in [1.165, 1.54) is 16.8 Å². The molecular formula is C19H34IN5O2S. The topological polar surface area (TPSA) is 77.0 Å². The summed E-state index contributed by atoms with van der Waals surface area (Å²) in [6, 6.07) is 6.47. The van der Waals surface area contributed by atoms with Gasteiger partial charge in [0.2, 0.25) is 10.0 Å². The lowest BCUT2D eigenvalue weighted by atomic mass is 10.1. The van der Waals surface area contributed by atoms with Crippen LogP contribution in [0.15, 0.2) is 23.2 Å². The Hall–Kier alpha value is -1.07. The predicted octanol–water partition coefficient (Wildman–Crippen LogP) is 1.95. The lowest BCUT2D eigenvalue weighted by Crippen LogP contribution is -2.53. The first-order valence-electron chi connectivity index (χ1n) is 9.62. The van der Waals surface area contributed by atoms with E-state index in [1.54, 1.807) is 14.0 Å². The zero-order valence-corrected chi connectivity index (χ0v) is 20.5. The molecule has 28 heavy (non-hydrogen) atoms. The quantitative estimate of drug-likeness (QED) is 0.247. The molecule has 2 N–H and O–H groups in total. The fraction of sp³-hybridized carbons (Fsp3) is 0.632. The predicted molar refractivity (Wildman–Crippen MR) is 129 cm³/mol. The second kappa shape index (κ2) is 11.8. The van der Waals surface area contributed by atoms with Crippen molar-refractivity contribution in [3.05, 3.63) is 29.3 Å². The van der Waals surface area contributed by atoms with Gasteiger partial charge < -0.3 is 15.1 Å². The number of piperazine rings is 1. The molecule has 160 valence electrons. The lowest BCUT2D eigenvalue weighted by Gasteiger charge is -2.38. The zero-order valence-electron chi connectivity index (χ0n) is 17.4. The zero-order chi connectivity index (χ0) is 19.9. The van der Waals surface area contributed by atoms with Crippen molar-refractivity contribution in [1.29, 1.82) is 0 Å². The van der Waals surface area contributed by atoms with Crippen LogP contribution in [0.5, 0.6) is 0 Å². The first-order chi connectivity index (χ1) is 12.9. The third-order valence-corrected chi connectivity index (χ3v) is 6.45. The minimum absolute atomic E-state index is 0. The van der Waals surface area contributed by atoms with E-state index in [0.29, 0.717) is 13.1 Å². The van der Waals surface area contributed by atoms with Gasteiger partial charge in [0.25, 0.3) is 0 Å². The Morgan fingerprint density at radius 3 is 2.43 bits per heavy atom. The highest BCUT2D eigenvalue weighted by Gasteiger charge is 2.20. The fourth-order valence-corrected chi connectivity index (χ4v) is 3.85. The molecule has 9 heteroatoms. The number of hydrogen-bond acceptors (Lipinski definition) is 4. The van der Waals surface area contributed by atoms with Gasteiger partial charge in [0.1, 0.15) is 0 Å². The average molecular weight is 523 g/mol. The smallest absolute Gasteiger partial charge is 0.211 e. The molecule has 0 aliphatic carbocycles. The number of nitrogens with zero attached hydrogens (tertiary/aromatic N) is 3. The van der Waals surface area contributed by atoms with Crippen molar-refractivity contribution in [3.8, 4) is 0 Å². The van der Waals surface area contributed by atoms with Crippen molar-refractivity contribution in [3.63, 3.8) is 0 Å². The normalized spacial score (nSPS) is 15.4. The van der Waals surface area contributed by atoms with Crippen LogP contribution in [0.4, 0.5) is 5.69 Å². The number of anilines is 1. The van der Waals surface area contributed by atoms with E-state index in [-0.39, 0.29) is 29.7 Å². The van der Waals surface area contributed by atoms with Crippen LogP contribution >= 0.6 is 24.0 Å². The van der Waals surface area contributed by atoms with Crippen molar-refractivity contribution < 1.29 is 8.42 Å². The molecule has 1 aliphatic rings. The van der Waals surface area contributed by atoms with Crippen molar-refractivity contribution in [2.24, 2.45) is 4.99 Å². The molecule has 0 aromatic heterocycles. The van der Waals surface area contributed by atoms with Gasteiger partial charge in [-0.15, -0.1) is 24.0 Å². The van der Waals surface area contributed by atoms with Crippen LogP contribution in [0, 0.1) is 13.8 Å². The van der Waals surface area contributed by atoms with Crippen LogP contribution in [-0.2, 0) is 10.0 Å². The second-order valence-electron chi connectivity index (χ2n) is 6.82. The van der Waals surface area contributed by atoms with Gasteiger partial charge in [-0.2, -0.15) is 0 Å². The molecule has 0 radical (unpaired) electrons. The van der Waals surface area contributed by atoms with E-state index in [4.69, 9.17) is 0 Å². The highest BCUT2D eigenvalue weighted by Crippen LogP contribution is 2.23. The summed E-state index contributed by atoms with van der Waals surface area (Å²) in [7, 11) is -1.32. The van der Waals surface area contributed by atoms with Crippen LogP contribution in [-0.4, -0.2) is 71.3 Å². The summed E-state index contributed by atoms with van der Waals surface area (Å²) in [4.78, 5) is 9.08. The van der Waals surface area contributed by atoms with Crippen molar-refractivity contribution in [1.82, 2.24) is 14.9 Å². The first kappa shape index (κ1) is 25.0. The molecular weight excluding hydrogens is 489 g/mol. The number of nitrogens with one attached hydrogen (secondary N) is 2. The van der Waals surface area contributed by atoms with E-state index in [1.807, 2.05) is 0 Å². The maximum absolute atomic E-state index is 11.4. The molecule has 1 heterocycles. The highest BCUT2D eigenvalue weighted by molar-refractivity contribution is 14.0. The first-order valence-corrected chi connectivity index (χ1v) is 11.3. The summed E-state index contributed by atoms with van der Waals surface area (Å²) < 4.78 is 25.4. The minimum Gasteiger partial charge on any atom is -0.368 e. The van der Waals surface area contributed by atoms with Crippen LogP contribution in [0.2, 0.25) is 0 Å². The summed E-state index contributed by atoms with van der Waals surface area (Å²) in [5.41, 5.74) is 4.00. The minimum atomic E-state index is -3.11. The molecule has 1 aromatic carbocycles. The molecule has 1 aliphatic heterocycles. The summed E-state index contributed by atoms with van der Waals surface area (Å²) in [6.07, 6.45) is 0.723. The maximum atomic E-state index is 11.4. The third kappa shape index (κ3) is 7.07. The van der Waals surface area contributed by atoms with E-state index >= 15 is 0 Å². The summed E-state index contributed by atoms with van der Waals surface area (Å²) in [6.45, 7) is 10.9. The number of aliphatic imine (C=N–C) groups is 1. The number of halogens is 1. The molecule has 0 spiro atoms. The molecule has 0 amide bonds. The number of benzene rings is 1. The van der Waals surface area contributed by atoms with Gasteiger partial charge >= 0.3 is 0 Å². The van der Waals surface area contributed by atoms with E-state index in [0.717, 1.165) is 38.6 Å². The molecule has 0 saturated carbocycles. The van der Waals surface area contributed by atoms with Crippen molar-refractivity contribution >= 4 is 45.6 Å². The largest absolute Gasteiger partial charge is 0.368 e. The summed E-state index contributed by atoms with van der Waals surface area (Å²) in [5, 5.41) is 3.34. The van der Waals surface area contributed by atoms with Crippen molar-refractivity contribution in [2.75, 3.05) is 57.0 Å². The van der Waals surface area contributed by atoms with E-state index < -0.39 is 10.0 Å². The molecule has 0 unspecified atom stereocenters. The molecule has 2 rings (SSSR count). The van der Waals surface area contributed by atoms with E-state index in [2.05, 4.69) is 56.9 Å². The second-order valence-corrected chi connectivity index (χ2v) is 8.91. The maximum Gasteiger partial charge on any atom is 0.211 e. The Balaban J connectivity index is 0.00000392. The van der Waals surface area contributed by atoms with Crippen LogP contribution < -0.4 is 14.9 Å². The molecule has 0 bridgehead atoms. The number of guanidine groups is 1. The van der Waals surface area contributed by atoms with Crippen molar-refractivity contribution in [2.45, 2.75) is 27.2 Å². The Labute approximate surface area is 187 Å². The molecule has 0 atom stereocenters. The summed E-state index contributed by atoms with van der Waals surface area (Å²) in [5.74, 6) is 1.00. The average Bonchev–Trinajstić information content (AvgIpc) is 2.67. The monoisotopic (exact) mass is 523 g/mol. The van der Waals surface area contributed by atoms with Gasteiger partial charge in [-0.05, 0) is 44.4 Å². The molecule has 1 fully saturated rings. The summed E-state index contributed by atoms with van der Waals surface area (Å²) >= 11 is 0. The fourth-order valence-electron chi connectivity index (χ4n) is 3.19. The van der Waals surface area contributed by atoms with Gasteiger partial charge in [-0.3, -0.25) is 4.99 Å². The van der Waals surface area contributed by atoms with Gasteiger partial charge in [0, 0.05) is 52.0 Å². The Bertz CT molecular complexity index is 747. The lowest BCUT2D eigenvalue weighted by molar-refractivity contribution is 0.372. The van der Waals surface area contributed by atoms with Gasteiger partial charge in [-0.1, -0.05) is 12.1 Å². The number of rotatable bonds is 7. The standard InChI is InChI=1S/C19H33N5O2S.HI/c1-5-27(25,26)22-11-7-10-21-19(20-4)24-14-12-23(13-15-24)18-9-6-8-16(2)17(18)3;/h6,8-9,22H,5,7,10-15H2,1-4H3,(H,20,21);1H. The van der Waals surface area contributed by atoms with Gasteiger partial charge in [0.05, 0.1) is 5.75 Å². The van der Waals surface area contributed by atoms with E-state index in [9.17, 15) is 8.42 Å². The van der Waals surface area contributed by atoms with Gasteiger partial charge in [-0.25, -0.2) is 13.1 Å². The Kier molecular flexibility index (Phi) is 10.5. The van der Waals surface area contributed by atoms with Crippen LogP contribution in [0.1, 0.15) is 24.5 Å². The Morgan fingerprint density at radius 1 is 1.14 bits per heavy atom. The number of sulfonamides is 1. The highest BCUT2D eigenvalue weighted by atomic mass is 127. The molecule has 7 nitrogen and oxygen atoms in total. The Morgan fingerprint density at radius 2 is 1.82 bits per heavy atom. The van der Waals surface area contributed by atoms with Gasteiger partial charge in [0.15, 0.2) is 5.96 Å².